The van der Waals surface area contributed by atoms with Crippen LogP contribution in [0.25, 0.3) is 0 Å². The van der Waals surface area contributed by atoms with E-state index in [0.717, 1.165) is 12.5 Å². The maximum Gasteiger partial charge on any atom is 0.0104 e. The Morgan fingerprint density at radius 1 is 1.07 bits per heavy atom. The molecule has 0 heterocycles. The third-order valence-electron chi connectivity index (χ3n) is 3.10. The monoisotopic (exact) mass is 214 g/mol. The average Bonchev–Trinajstić information content (AvgIpc) is 2.18. The van der Waals surface area contributed by atoms with E-state index in [1.54, 1.807) is 0 Å². The first-order valence-corrected chi connectivity index (χ1v) is 6.49. The van der Waals surface area contributed by atoms with Gasteiger partial charge in [-0.1, -0.05) is 33.6 Å². The molecule has 0 aliphatic heterocycles. The van der Waals surface area contributed by atoms with Crippen LogP contribution in [-0.4, -0.2) is 37.6 Å². The number of likely N-dealkylation sites (N-methyl/N-ethyl adjacent to an activating group) is 1. The quantitative estimate of drug-likeness (QED) is 0.594. The Kier molecular flexibility index (Phi) is 9.12. The molecule has 0 fully saturated rings. The van der Waals surface area contributed by atoms with Crippen molar-refractivity contribution < 1.29 is 0 Å². The molecule has 15 heavy (non-hydrogen) atoms. The van der Waals surface area contributed by atoms with Gasteiger partial charge in [-0.3, -0.25) is 0 Å². The Balaban J connectivity index is 3.34. The molecule has 0 saturated carbocycles. The van der Waals surface area contributed by atoms with E-state index in [4.69, 9.17) is 0 Å². The van der Waals surface area contributed by atoms with Crippen LogP contribution in [0.3, 0.4) is 0 Å². The molecule has 0 aromatic heterocycles. The zero-order valence-electron chi connectivity index (χ0n) is 11.3. The second-order valence-corrected chi connectivity index (χ2v) is 5.00. The number of unbranched alkanes of at least 4 members (excludes halogenated alkanes) is 2. The van der Waals surface area contributed by atoms with Gasteiger partial charge >= 0.3 is 0 Å². The Bertz CT molecular complexity index is 134. The summed E-state index contributed by atoms with van der Waals surface area (Å²) in [5, 5.41) is 3.56. The van der Waals surface area contributed by atoms with Gasteiger partial charge in [0.05, 0.1) is 0 Å². The van der Waals surface area contributed by atoms with Crippen LogP contribution in [0.2, 0.25) is 0 Å². The van der Waals surface area contributed by atoms with E-state index in [2.05, 4.69) is 45.0 Å². The standard InChI is InChI=1S/C13H30N2/c1-6-7-8-10-15(5)11-9-14-13(4)12(2)3/h12-14H,6-11H2,1-5H3. The minimum absolute atomic E-state index is 0.633. The molecule has 1 unspecified atom stereocenters. The molecule has 1 atom stereocenters. The summed E-state index contributed by atoms with van der Waals surface area (Å²) in [6.07, 6.45) is 4.02. The predicted octanol–water partition coefficient (Wildman–Crippen LogP) is 2.74. The fourth-order valence-electron chi connectivity index (χ4n) is 1.46. The Morgan fingerprint density at radius 3 is 2.27 bits per heavy atom. The first kappa shape index (κ1) is 14.9. The molecule has 1 N–H and O–H groups in total. The first-order chi connectivity index (χ1) is 7.07. The van der Waals surface area contributed by atoms with E-state index in [9.17, 15) is 0 Å². The van der Waals surface area contributed by atoms with Gasteiger partial charge in [-0.15, -0.1) is 0 Å². The van der Waals surface area contributed by atoms with Crippen LogP contribution in [0.4, 0.5) is 0 Å². The van der Waals surface area contributed by atoms with Gasteiger partial charge in [0, 0.05) is 19.1 Å². The maximum absolute atomic E-state index is 3.56. The lowest BCUT2D eigenvalue weighted by Gasteiger charge is -2.21. The van der Waals surface area contributed by atoms with Crippen molar-refractivity contribution in [2.75, 3.05) is 26.7 Å². The number of rotatable bonds is 9. The molecule has 2 nitrogen and oxygen atoms in total. The summed E-state index contributed by atoms with van der Waals surface area (Å²) < 4.78 is 0. The molecule has 0 saturated heterocycles. The zero-order chi connectivity index (χ0) is 11.7. The summed E-state index contributed by atoms with van der Waals surface area (Å²) in [6, 6.07) is 0.633. The topological polar surface area (TPSA) is 15.3 Å². The fraction of sp³-hybridized carbons (Fsp3) is 1.00. The van der Waals surface area contributed by atoms with Gasteiger partial charge in [0.1, 0.15) is 0 Å². The SMILES string of the molecule is CCCCCN(C)CCNC(C)C(C)C. The number of hydrogen-bond acceptors (Lipinski definition) is 2. The van der Waals surface area contributed by atoms with Crippen LogP contribution in [-0.2, 0) is 0 Å². The minimum Gasteiger partial charge on any atom is -0.313 e. The van der Waals surface area contributed by atoms with Gasteiger partial charge in [-0.25, -0.2) is 0 Å². The van der Waals surface area contributed by atoms with Gasteiger partial charge in [0.2, 0.25) is 0 Å². The highest BCUT2D eigenvalue weighted by molar-refractivity contribution is 4.65. The second-order valence-electron chi connectivity index (χ2n) is 5.00. The molecule has 0 aromatic rings. The highest BCUT2D eigenvalue weighted by atomic mass is 15.1. The van der Waals surface area contributed by atoms with E-state index in [1.807, 2.05) is 0 Å². The van der Waals surface area contributed by atoms with E-state index in [-0.39, 0.29) is 0 Å². The lowest BCUT2D eigenvalue weighted by Crippen LogP contribution is -2.37. The molecule has 0 spiro atoms. The minimum atomic E-state index is 0.633. The molecule has 0 radical (unpaired) electrons. The normalized spacial score (nSPS) is 13.8. The summed E-state index contributed by atoms with van der Waals surface area (Å²) in [5.74, 6) is 0.732. The molecule has 0 bridgehead atoms. The molecule has 0 rings (SSSR count). The number of hydrogen-bond donors (Lipinski definition) is 1. The third-order valence-corrected chi connectivity index (χ3v) is 3.10. The fourth-order valence-corrected chi connectivity index (χ4v) is 1.46. The highest BCUT2D eigenvalue weighted by Crippen LogP contribution is 1.99. The Hall–Kier alpha value is -0.0800. The van der Waals surface area contributed by atoms with Crippen molar-refractivity contribution in [2.24, 2.45) is 5.92 Å². The van der Waals surface area contributed by atoms with Crippen LogP contribution in [0, 0.1) is 5.92 Å². The van der Waals surface area contributed by atoms with Gasteiger partial charge in [0.15, 0.2) is 0 Å². The van der Waals surface area contributed by atoms with Gasteiger partial charge in [0.25, 0.3) is 0 Å². The third kappa shape index (κ3) is 8.88. The van der Waals surface area contributed by atoms with Gasteiger partial charge < -0.3 is 10.2 Å². The summed E-state index contributed by atoms with van der Waals surface area (Å²) in [5.41, 5.74) is 0. The largest absolute Gasteiger partial charge is 0.313 e. The number of nitrogens with zero attached hydrogens (tertiary/aromatic N) is 1. The van der Waals surface area contributed by atoms with Crippen LogP contribution in [0.15, 0.2) is 0 Å². The van der Waals surface area contributed by atoms with Crippen molar-refractivity contribution in [3.63, 3.8) is 0 Å². The summed E-state index contributed by atoms with van der Waals surface area (Å²) in [6.45, 7) is 12.6. The van der Waals surface area contributed by atoms with Gasteiger partial charge in [-0.05, 0) is 32.9 Å². The molecule has 0 aliphatic carbocycles. The summed E-state index contributed by atoms with van der Waals surface area (Å²) in [4.78, 5) is 2.43. The highest BCUT2D eigenvalue weighted by Gasteiger charge is 2.05. The average molecular weight is 214 g/mol. The molecule has 2 heteroatoms. The molecule has 0 aliphatic rings. The van der Waals surface area contributed by atoms with Crippen molar-refractivity contribution in [3.05, 3.63) is 0 Å². The second kappa shape index (κ2) is 9.17. The van der Waals surface area contributed by atoms with Crippen molar-refractivity contribution in [2.45, 2.75) is 53.0 Å². The predicted molar refractivity (Wildman–Crippen MR) is 69.3 cm³/mol. The van der Waals surface area contributed by atoms with Crippen molar-refractivity contribution in [3.8, 4) is 0 Å². The van der Waals surface area contributed by atoms with Crippen LogP contribution >= 0.6 is 0 Å². The van der Waals surface area contributed by atoms with Crippen LogP contribution in [0.5, 0.6) is 0 Å². The molecule has 92 valence electrons. The molecule has 0 aromatic carbocycles. The van der Waals surface area contributed by atoms with E-state index < -0.39 is 0 Å². The lowest BCUT2D eigenvalue weighted by atomic mass is 10.1. The number of nitrogens with one attached hydrogen (secondary N) is 1. The van der Waals surface area contributed by atoms with E-state index >= 15 is 0 Å². The summed E-state index contributed by atoms with van der Waals surface area (Å²) in [7, 11) is 2.22. The lowest BCUT2D eigenvalue weighted by molar-refractivity contribution is 0.308. The Morgan fingerprint density at radius 2 is 1.73 bits per heavy atom. The molecule has 0 amide bonds. The zero-order valence-corrected chi connectivity index (χ0v) is 11.3. The van der Waals surface area contributed by atoms with Crippen molar-refractivity contribution in [1.82, 2.24) is 10.2 Å². The maximum atomic E-state index is 3.56. The van der Waals surface area contributed by atoms with E-state index in [0.29, 0.717) is 6.04 Å². The van der Waals surface area contributed by atoms with Crippen LogP contribution < -0.4 is 5.32 Å². The Labute approximate surface area is 96.4 Å². The van der Waals surface area contributed by atoms with E-state index in [1.165, 1.54) is 32.4 Å². The smallest absolute Gasteiger partial charge is 0.0104 e. The van der Waals surface area contributed by atoms with Crippen molar-refractivity contribution in [1.29, 1.82) is 0 Å². The van der Waals surface area contributed by atoms with Crippen molar-refractivity contribution >= 4 is 0 Å². The summed E-state index contributed by atoms with van der Waals surface area (Å²) >= 11 is 0. The molecular weight excluding hydrogens is 184 g/mol. The first-order valence-electron chi connectivity index (χ1n) is 6.49. The van der Waals surface area contributed by atoms with Gasteiger partial charge in [-0.2, -0.15) is 0 Å². The molecular formula is C13H30N2. The van der Waals surface area contributed by atoms with Crippen LogP contribution in [0.1, 0.15) is 47.0 Å².